The fraction of sp³-hybridized carbons (Fsp3) is 0.519. The maximum atomic E-state index is 5.57. The molecule has 1 N–H and O–H groups in total. The molecule has 2 saturated heterocycles. The first-order valence-electron chi connectivity index (χ1n) is 12.7. The highest BCUT2D eigenvalue weighted by Crippen LogP contribution is 2.39. The second kappa shape index (κ2) is 8.78. The van der Waals surface area contributed by atoms with Crippen LogP contribution in [0, 0.1) is 6.92 Å². The monoisotopic (exact) mass is 458 g/mol. The van der Waals surface area contributed by atoms with E-state index in [2.05, 4.69) is 70.4 Å². The van der Waals surface area contributed by atoms with Gasteiger partial charge in [0.15, 0.2) is 5.65 Å². The Morgan fingerprint density at radius 2 is 1.85 bits per heavy atom. The van der Waals surface area contributed by atoms with Gasteiger partial charge in [0.2, 0.25) is 0 Å². The number of aromatic nitrogens is 5. The molecule has 178 valence electrons. The van der Waals surface area contributed by atoms with Crippen molar-refractivity contribution in [3.8, 4) is 11.3 Å². The third-order valence-corrected chi connectivity index (χ3v) is 7.92. The predicted octanol–water partition coefficient (Wildman–Crippen LogP) is 5.06. The van der Waals surface area contributed by atoms with E-state index >= 15 is 0 Å². The molecule has 0 atom stereocenters. The molecule has 0 amide bonds. The molecule has 6 rings (SSSR count). The summed E-state index contributed by atoms with van der Waals surface area (Å²) in [6, 6.07) is 10.00. The van der Waals surface area contributed by atoms with Crippen molar-refractivity contribution in [3.05, 3.63) is 47.2 Å². The number of aryl methyl sites for hydroxylation is 1. The van der Waals surface area contributed by atoms with Gasteiger partial charge in [-0.15, -0.1) is 5.10 Å². The van der Waals surface area contributed by atoms with Crippen LogP contribution in [0.1, 0.15) is 68.1 Å². The molecule has 2 aliphatic rings. The summed E-state index contributed by atoms with van der Waals surface area (Å²) in [7, 11) is 0. The maximum absolute atomic E-state index is 5.57. The number of pyridine rings is 1. The molecule has 2 aliphatic heterocycles. The third-order valence-electron chi connectivity index (χ3n) is 7.92. The van der Waals surface area contributed by atoms with Crippen molar-refractivity contribution in [3.63, 3.8) is 0 Å². The molecule has 2 fully saturated rings. The Morgan fingerprint density at radius 1 is 1.06 bits per heavy atom. The average Bonchev–Trinajstić information content (AvgIpc) is 3.49. The Hall–Kier alpha value is -2.77. The van der Waals surface area contributed by atoms with Gasteiger partial charge in [0.1, 0.15) is 0 Å². The van der Waals surface area contributed by atoms with Crippen molar-refractivity contribution in [1.82, 2.24) is 29.9 Å². The molecule has 0 radical (unpaired) electrons. The molecule has 7 nitrogen and oxygen atoms in total. The van der Waals surface area contributed by atoms with E-state index in [-0.39, 0.29) is 0 Å². The van der Waals surface area contributed by atoms with Crippen molar-refractivity contribution in [2.75, 3.05) is 26.3 Å². The summed E-state index contributed by atoms with van der Waals surface area (Å²) in [6.07, 6.45) is 6.90. The number of ether oxygens (including phenoxy) is 1. The van der Waals surface area contributed by atoms with E-state index in [1.54, 1.807) is 4.52 Å². The zero-order valence-electron chi connectivity index (χ0n) is 20.4. The first-order valence-corrected chi connectivity index (χ1v) is 12.7. The lowest BCUT2D eigenvalue weighted by Gasteiger charge is -2.39. The predicted molar refractivity (Wildman–Crippen MR) is 134 cm³/mol. The maximum Gasteiger partial charge on any atom is 0.182 e. The summed E-state index contributed by atoms with van der Waals surface area (Å²) in [5, 5.41) is 13.5. The standard InChI is InChI=1S/C27H34N6O/c1-17(2)25-23-15-20(19-6-10-32(11-7-19)22-8-12-34-13-9-22)4-5-24(23)28-26(25)21-14-18(3)27-29-30-31-33(27)16-21/h4-5,14-17,19,22,28H,6-13H2,1-3H3. The first-order chi connectivity index (χ1) is 16.6. The molecule has 1 aromatic carbocycles. The molecular formula is C27H34N6O. The van der Waals surface area contributed by atoms with E-state index in [9.17, 15) is 0 Å². The van der Waals surface area contributed by atoms with Crippen LogP contribution in [0.25, 0.3) is 27.8 Å². The van der Waals surface area contributed by atoms with Gasteiger partial charge >= 0.3 is 0 Å². The van der Waals surface area contributed by atoms with Gasteiger partial charge in [-0.3, -0.25) is 0 Å². The molecule has 0 bridgehead atoms. The van der Waals surface area contributed by atoms with Crippen LogP contribution in [0.3, 0.4) is 0 Å². The van der Waals surface area contributed by atoms with Crippen molar-refractivity contribution < 1.29 is 4.74 Å². The molecule has 34 heavy (non-hydrogen) atoms. The minimum absolute atomic E-state index is 0.402. The third kappa shape index (κ3) is 3.81. The van der Waals surface area contributed by atoms with Gasteiger partial charge in [-0.05, 0) is 103 Å². The number of piperidine rings is 1. The summed E-state index contributed by atoms with van der Waals surface area (Å²) in [5.41, 5.74) is 8.26. The number of likely N-dealkylation sites (tertiary alicyclic amines) is 1. The van der Waals surface area contributed by atoms with E-state index in [4.69, 9.17) is 4.74 Å². The van der Waals surface area contributed by atoms with Crippen LogP contribution < -0.4 is 0 Å². The summed E-state index contributed by atoms with van der Waals surface area (Å²) < 4.78 is 7.34. The number of hydrogen-bond donors (Lipinski definition) is 1. The molecule has 4 aromatic rings. The number of H-pyrrole nitrogens is 1. The summed E-state index contributed by atoms with van der Waals surface area (Å²) >= 11 is 0. The average molecular weight is 459 g/mol. The molecular weight excluding hydrogens is 424 g/mol. The van der Waals surface area contributed by atoms with Gasteiger partial charge < -0.3 is 14.6 Å². The van der Waals surface area contributed by atoms with Crippen LogP contribution in [-0.2, 0) is 4.74 Å². The van der Waals surface area contributed by atoms with Gasteiger partial charge in [0, 0.05) is 41.9 Å². The van der Waals surface area contributed by atoms with Gasteiger partial charge in [-0.25, -0.2) is 0 Å². The topological polar surface area (TPSA) is 71.3 Å². The molecule has 0 aliphatic carbocycles. The number of nitrogens with one attached hydrogen (secondary N) is 1. The highest BCUT2D eigenvalue weighted by atomic mass is 16.5. The lowest BCUT2D eigenvalue weighted by atomic mass is 9.86. The quantitative estimate of drug-likeness (QED) is 0.463. The molecule has 0 spiro atoms. The lowest BCUT2D eigenvalue weighted by molar-refractivity contribution is 0.0252. The van der Waals surface area contributed by atoms with Crippen molar-refractivity contribution >= 4 is 16.6 Å². The Kier molecular flexibility index (Phi) is 5.62. The van der Waals surface area contributed by atoms with Crippen LogP contribution in [0.4, 0.5) is 0 Å². The second-order valence-electron chi connectivity index (χ2n) is 10.4. The Labute approximate surface area is 200 Å². The minimum Gasteiger partial charge on any atom is -0.381 e. The number of tetrazole rings is 1. The number of nitrogens with zero attached hydrogens (tertiary/aromatic N) is 5. The Bertz CT molecular complexity index is 1310. The highest BCUT2D eigenvalue weighted by molar-refractivity contribution is 5.92. The largest absolute Gasteiger partial charge is 0.381 e. The number of rotatable bonds is 4. The van der Waals surface area contributed by atoms with E-state index in [1.165, 1.54) is 66.5 Å². The van der Waals surface area contributed by atoms with Crippen LogP contribution in [0.15, 0.2) is 30.5 Å². The SMILES string of the molecule is Cc1cc(-c2[nH]c3ccc(C4CCN(C5CCOCC5)CC4)cc3c2C(C)C)cn2nnnc12. The van der Waals surface area contributed by atoms with Crippen molar-refractivity contribution in [1.29, 1.82) is 0 Å². The van der Waals surface area contributed by atoms with E-state index in [1.807, 2.05) is 6.20 Å². The smallest absolute Gasteiger partial charge is 0.182 e. The highest BCUT2D eigenvalue weighted by Gasteiger charge is 2.28. The van der Waals surface area contributed by atoms with Gasteiger partial charge in [0.05, 0.1) is 5.69 Å². The Balaban J connectivity index is 1.32. The summed E-state index contributed by atoms with van der Waals surface area (Å²) in [4.78, 5) is 6.44. The van der Waals surface area contributed by atoms with E-state index in [0.29, 0.717) is 11.8 Å². The van der Waals surface area contributed by atoms with Gasteiger partial charge in [0.25, 0.3) is 0 Å². The number of benzene rings is 1. The fourth-order valence-electron chi connectivity index (χ4n) is 6.10. The Morgan fingerprint density at radius 3 is 2.62 bits per heavy atom. The summed E-state index contributed by atoms with van der Waals surface area (Å²) in [5.74, 6) is 1.04. The zero-order chi connectivity index (χ0) is 23.2. The van der Waals surface area contributed by atoms with Crippen LogP contribution in [0.5, 0.6) is 0 Å². The first kappa shape index (κ1) is 21.7. The van der Waals surface area contributed by atoms with Gasteiger partial charge in [-0.1, -0.05) is 19.9 Å². The van der Waals surface area contributed by atoms with E-state index in [0.717, 1.165) is 36.0 Å². The van der Waals surface area contributed by atoms with Gasteiger partial charge in [-0.2, -0.15) is 4.52 Å². The lowest BCUT2D eigenvalue weighted by Crippen LogP contribution is -2.43. The van der Waals surface area contributed by atoms with Crippen molar-refractivity contribution in [2.45, 2.75) is 64.3 Å². The second-order valence-corrected chi connectivity index (χ2v) is 10.4. The molecule has 5 heterocycles. The number of hydrogen-bond acceptors (Lipinski definition) is 5. The molecule has 7 heteroatoms. The van der Waals surface area contributed by atoms with Crippen molar-refractivity contribution in [2.24, 2.45) is 0 Å². The van der Waals surface area contributed by atoms with E-state index < -0.39 is 0 Å². The molecule has 0 unspecified atom stereocenters. The van der Waals surface area contributed by atoms with Crippen LogP contribution in [0.2, 0.25) is 0 Å². The van der Waals surface area contributed by atoms with Crippen LogP contribution >= 0.6 is 0 Å². The summed E-state index contributed by atoms with van der Waals surface area (Å²) in [6.45, 7) is 10.9. The fourth-order valence-corrected chi connectivity index (χ4v) is 6.10. The van der Waals surface area contributed by atoms with Crippen LogP contribution in [-0.4, -0.2) is 62.3 Å². The number of fused-ring (bicyclic) bond motifs is 2. The molecule has 0 saturated carbocycles. The minimum atomic E-state index is 0.402. The normalized spacial score (nSPS) is 19.1. The number of aromatic amines is 1. The zero-order valence-corrected chi connectivity index (χ0v) is 20.4. The molecule has 3 aromatic heterocycles.